The van der Waals surface area contributed by atoms with Crippen molar-refractivity contribution in [2.75, 3.05) is 5.32 Å². The molecule has 1 aliphatic heterocycles. The predicted molar refractivity (Wildman–Crippen MR) is 135 cm³/mol. The van der Waals surface area contributed by atoms with Gasteiger partial charge in [-0.1, -0.05) is 23.7 Å². The average Bonchev–Trinajstić information content (AvgIpc) is 3.28. The molecule has 1 unspecified atom stereocenters. The van der Waals surface area contributed by atoms with Crippen LogP contribution in [0, 0.1) is 20.8 Å². The molecule has 0 aliphatic carbocycles. The van der Waals surface area contributed by atoms with Gasteiger partial charge >= 0.3 is 0 Å². The van der Waals surface area contributed by atoms with E-state index in [0.717, 1.165) is 33.2 Å². The third-order valence-corrected chi connectivity index (χ3v) is 7.33. The van der Waals surface area contributed by atoms with Crippen molar-refractivity contribution in [2.24, 2.45) is 4.99 Å². The summed E-state index contributed by atoms with van der Waals surface area (Å²) in [6.45, 7) is 6.09. The Morgan fingerprint density at radius 3 is 2.50 bits per heavy atom. The lowest BCUT2D eigenvalue weighted by atomic mass is 9.99. The maximum atomic E-state index is 13.0. The summed E-state index contributed by atoms with van der Waals surface area (Å²) in [7, 11) is 0. The number of amides is 1. The molecule has 0 bridgehead atoms. The molecule has 7 nitrogen and oxygen atoms in total. The molecule has 4 aromatic rings. The second-order valence-electron chi connectivity index (χ2n) is 8.20. The Bertz CT molecular complexity index is 1420. The monoisotopic (exact) mass is 491 g/mol. The van der Waals surface area contributed by atoms with Crippen LogP contribution in [-0.4, -0.2) is 31.5 Å². The van der Waals surface area contributed by atoms with Crippen LogP contribution in [0.5, 0.6) is 5.75 Å². The lowest BCUT2D eigenvalue weighted by molar-refractivity contribution is -0.116. The molecular formula is C25H22ClN5O2S. The number of thiophene rings is 1. The maximum Gasteiger partial charge on any atom is 0.227 e. The highest BCUT2D eigenvalue weighted by molar-refractivity contribution is 7.15. The normalized spacial score (nSPS) is 14.7. The number of aryl methyl sites for hydroxylation is 2. The quantitative estimate of drug-likeness (QED) is 0.367. The Kier molecular flexibility index (Phi) is 5.71. The van der Waals surface area contributed by atoms with Crippen LogP contribution >= 0.6 is 22.9 Å². The first-order valence-electron chi connectivity index (χ1n) is 10.8. The van der Waals surface area contributed by atoms with Gasteiger partial charge in [-0.3, -0.25) is 14.4 Å². The Balaban J connectivity index is 1.61. The molecule has 1 aliphatic rings. The number of nitrogens with zero attached hydrogens (tertiary/aromatic N) is 4. The second kappa shape index (κ2) is 8.70. The van der Waals surface area contributed by atoms with Crippen LogP contribution in [0.15, 0.2) is 53.5 Å². The largest absolute Gasteiger partial charge is 0.508 e. The van der Waals surface area contributed by atoms with Gasteiger partial charge in [-0.05, 0) is 62.7 Å². The summed E-state index contributed by atoms with van der Waals surface area (Å²) in [6, 6.07) is 13.4. The number of aromatic hydroxyl groups is 1. The van der Waals surface area contributed by atoms with Crippen LogP contribution < -0.4 is 5.32 Å². The third-order valence-electron chi connectivity index (χ3n) is 5.89. The van der Waals surface area contributed by atoms with Crippen molar-refractivity contribution in [1.29, 1.82) is 0 Å². The molecule has 0 spiro atoms. The van der Waals surface area contributed by atoms with Crippen LogP contribution in [0.3, 0.4) is 0 Å². The summed E-state index contributed by atoms with van der Waals surface area (Å²) in [5.41, 5.74) is 4.49. The Labute approximate surface area is 205 Å². The van der Waals surface area contributed by atoms with Gasteiger partial charge in [0, 0.05) is 26.7 Å². The molecule has 1 amide bonds. The van der Waals surface area contributed by atoms with Crippen LogP contribution in [0.1, 0.15) is 45.7 Å². The molecule has 1 atom stereocenters. The van der Waals surface area contributed by atoms with Gasteiger partial charge in [0.05, 0.1) is 12.1 Å². The topological polar surface area (TPSA) is 92.4 Å². The Morgan fingerprint density at radius 2 is 1.79 bits per heavy atom. The molecule has 3 heterocycles. The number of carbonyl (C=O) groups is 1. The van der Waals surface area contributed by atoms with Gasteiger partial charge in [0.25, 0.3) is 0 Å². The van der Waals surface area contributed by atoms with Crippen molar-refractivity contribution in [1.82, 2.24) is 14.8 Å². The molecule has 0 saturated carbocycles. The zero-order valence-electron chi connectivity index (χ0n) is 18.8. The Hall–Kier alpha value is -3.49. The minimum atomic E-state index is -0.539. The number of halogens is 1. The fourth-order valence-corrected chi connectivity index (χ4v) is 5.40. The molecule has 0 saturated heterocycles. The predicted octanol–water partition coefficient (Wildman–Crippen LogP) is 5.53. The Morgan fingerprint density at radius 1 is 1.09 bits per heavy atom. The number of anilines is 1. The number of phenolic OH excluding ortho intramolecular Hbond substituents is 1. The SMILES string of the molecule is Cc1sc2c(c1C)C(c1ccc(Cl)cc1)=NC(CC(=O)Nc1ccc(O)cc1)c1nnc(C)n1-2. The van der Waals surface area contributed by atoms with Gasteiger partial charge in [0.1, 0.15) is 22.6 Å². The third kappa shape index (κ3) is 3.99. The first-order chi connectivity index (χ1) is 16.3. The molecule has 34 heavy (non-hydrogen) atoms. The van der Waals surface area contributed by atoms with E-state index in [1.54, 1.807) is 23.5 Å². The number of benzene rings is 2. The van der Waals surface area contributed by atoms with E-state index in [0.29, 0.717) is 16.5 Å². The van der Waals surface area contributed by atoms with E-state index in [1.807, 2.05) is 35.8 Å². The van der Waals surface area contributed by atoms with Crippen LogP contribution in [0.25, 0.3) is 5.00 Å². The number of nitrogens with one attached hydrogen (secondary N) is 1. The van der Waals surface area contributed by atoms with E-state index in [1.165, 1.54) is 17.0 Å². The van der Waals surface area contributed by atoms with Crippen molar-refractivity contribution in [3.63, 3.8) is 0 Å². The van der Waals surface area contributed by atoms with Crippen molar-refractivity contribution in [2.45, 2.75) is 33.2 Å². The second-order valence-corrected chi connectivity index (χ2v) is 9.84. The molecule has 2 aromatic carbocycles. The number of aromatic nitrogens is 3. The minimum Gasteiger partial charge on any atom is -0.508 e. The van der Waals surface area contributed by atoms with E-state index in [-0.39, 0.29) is 18.1 Å². The first kappa shape index (κ1) is 22.3. The van der Waals surface area contributed by atoms with E-state index in [4.69, 9.17) is 16.6 Å². The van der Waals surface area contributed by atoms with E-state index < -0.39 is 6.04 Å². The summed E-state index contributed by atoms with van der Waals surface area (Å²) >= 11 is 7.82. The van der Waals surface area contributed by atoms with Crippen LogP contribution in [-0.2, 0) is 4.79 Å². The van der Waals surface area contributed by atoms with Gasteiger partial charge in [-0.15, -0.1) is 21.5 Å². The molecule has 0 fully saturated rings. The van der Waals surface area contributed by atoms with Crippen molar-refractivity contribution >= 4 is 40.2 Å². The first-order valence-corrected chi connectivity index (χ1v) is 12.0. The van der Waals surface area contributed by atoms with Crippen molar-refractivity contribution < 1.29 is 9.90 Å². The molecule has 5 rings (SSSR count). The van der Waals surface area contributed by atoms with Crippen LogP contribution in [0.4, 0.5) is 5.69 Å². The highest BCUT2D eigenvalue weighted by atomic mass is 35.5. The molecule has 172 valence electrons. The highest BCUT2D eigenvalue weighted by Crippen LogP contribution is 2.39. The standard InChI is InChI=1S/C25H22ClN5O2S/c1-13-14(2)34-25-22(13)23(16-4-6-17(26)7-5-16)28-20(24-30-29-15(3)31(24)25)12-21(33)27-18-8-10-19(32)11-9-18/h4-11,20,32H,12H2,1-3H3,(H,27,33). The number of hydrogen-bond donors (Lipinski definition) is 2. The van der Waals surface area contributed by atoms with E-state index >= 15 is 0 Å². The van der Waals surface area contributed by atoms with Gasteiger partial charge in [0.2, 0.25) is 5.91 Å². The number of hydrogen-bond acceptors (Lipinski definition) is 6. The van der Waals surface area contributed by atoms with Gasteiger partial charge in [-0.2, -0.15) is 0 Å². The zero-order chi connectivity index (χ0) is 24.0. The van der Waals surface area contributed by atoms with Crippen molar-refractivity contribution in [3.05, 3.63) is 86.8 Å². The smallest absolute Gasteiger partial charge is 0.227 e. The zero-order valence-corrected chi connectivity index (χ0v) is 20.4. The molecule has 0 radical (unpaired) electrons. The van der Waals surface area contributed by atoms with Crippen molar-refractivity contribution in [3.8, 4) is 10.8 Å². The van der Waals surface area contributed by atoms with Gasteiger partial charge in [-0.25, -0.2) is 0 Å². The number of rotatable bonds is 4. The van der Waals surface area contributed by atoms with Gasteiger partial charge < -0.3 is 10.4 Å². The number of fused-ring (bicyclic) bond motifs is 3. The minimum absolute atomic E-state index is 0.0864. The van der Waals surface area contributed by atoms with Crippen LogP contribution in [0.2, 0.25) is 5.02 Å². The lowest BCUT2D eigenvalue weighted by Crippen LogP contribution is -2.17. The summed E-state index contributed by atoms with van der Waals surface area (Å²) in [5, 5.41) is 22.8. The summed E-state index contributed by atoms with van der Waals surface area (Å²) in [4.78, 5) is 19.3. The molecular weight excluding hydrogens is 470 g/mol. The fourth-order valence-electron chi connectivity index (χ4n) is 4.06. The maximum absolute atomic E-state index is 13.0. The van der Waals surface area contributed by atoms with Gasteiger partial charge in [0.15, 0.2) is 5.82 Å². The highest BCUT2D eigenvalue weighted by Gasteiger charge is 2.32. The summed E-state index contributed by atoms with van der Waals surface area (Å²) < 4.78 is 2.02. The lowest BCUT2D eigenvalue weighted by Gasteiger charge is -2.13. The fraction of sp³-hybridized carbons (Fsp3) is 0.200. The summed E-state index contributed by atoms with van der Waals surface area (Å²) in [6.07, 6.45) is 0.0864. The van der Waals surface area contributed by atoms with E-state index in [2.05, 4.69) is 29.4 Å². The average molecular weight is 492 g/mol. The number of aliphatic imine (C=N–C) groups is 1. The molecule has 2 aromatic heterocycles. The summed E-state index contributed by atoms with van der Waals surface area (Å²) in [5.74, 6) is 1.30. The molecule has 2 N–H and O–H groups in total. The number of carbonyl (C=O) groups excluding carboxylic acids is 1. The number of phenols is 1. The molecule has 9 heteroatoms. The van der Waals surface area contributed by atoms with E-state index in [9.17, 15) is 9.90 Å².